The first-order chi connectivity index (χ1) is 13.6. The molecule has 2 amide bonds. The van der Waals surface area contributed by atoms with Crippen molar-refractivity contribution in [3.63, 3.8) is 0 Å². The van der Waals surface area contributed by atoms with Gasteiger partial charge in [-0.2, -0.15) is 0 Å². The number of hydrogen-bond donors (Lipinski definition) is 2. The maximum absolute atomic E-state index is 12.2. The summed E-state index contributed by atoms with van der Waals surface area (Å²) >= 11 is 1.71. The van der Waals surface area contributed by atoms with Gasteiger partial charge in [0, 0.05) is 12.1 Å². The van der Waals surface area contributed by atoms with Gasteiger partial charge in [0.1, 0.15) is 5.75 Å². The van der Waals surface area contributed by atoms with Gasteiger partial charge in [-0.25, -0.2) is 4.98 Å². The molecule has 2 aromatic carbocycles. The van der Waals surface area contributed by atoms with E-state index in [2.05, 4.69) is 21.7 Å². The monoisotopic (exact) mass is 395 g/mol. The fraction of sp³-hybridized carbons (Fsp3) is 0.286. The summed E-state index contributed by atoms with van der Waals surface area (Å²) in [6.07, 6.45) is 2.53. The lowest BCUT2D eigenvalue weighted by Crippen LogP contribution is -2.34. The predicted molar refractivity (Wildman–Crippen MR) is 111 cm³/mol. The number of amides is 2. The van der Waals surface area contributed by atoms with Crippen LogP contribution in [0.25, 0.3) is 10.2 Å². The second-order valence-corrected chi connectivity index (χ2v) is 7.91. The molecule has 1 atom stereocenters. The molecular weight excluding hydrogens is 374 g/mol. The molecular formula is C21H21N3O3S. The molecule has 0 aliphatic carbocycles. The maximum atomic E-state index is 12.2. The standard InChI is InChI=1S/C21H21N3O3S/c1-13-21(26)24-16-12-14(10-11-17(16)27-13)22-19(25)8-4-5-9-20-23-15-6-2-3-7-18(15)28-20/h2-3,6-7,10-13H,4-5,8-9H2,1H3,(H,22,25)(H,24,26)/t13-/m0/s1. The highest BCUT2D eigenvalue weighted by molar-refractivity contribution is 7.18. The Kier molecular flexibility index (Phi) is 5.25. The van der Waals surface area contributed by atoms with Gasteiger partial charge >= 0.3 is 0 Å². The molecule has 2 N–H and O–H groups in total. The Labute approximate surface area is 166 Å². The zero-order valence-corrected chi connectivity index (χ0v) is 16.3. The molecule has 0 saturated carbocycles. The van der Waals surface area contributed by atoms with Crippen LogP contribution in [0, 0.1) is 0 Å². The van der Waals surface area contributed by atoms with Gasteiger partial charge in [-0.3, -0.25) is 9.59 Å². The minimum absolute atomic E-state index is 0.0410. The summed E-state index contributed by atoms with van der Waals surface area (Å²) in [4.78, 5) is 28.5. The Morgan fingerprint density at radius 2 is 2.11 bits per heavy atom. The van der Waals surface area contributed by atoms with Gasteiger partial charge in [-0.15, -0.1) is 11.3 Å². The number of aromatic nitrogens is 1. The predicted octanol–water partition coefficient (Wildman–Crippen LogP) is 4.37. The van der Waals surface area contributed by atoms with Crippen molar-refractivity contribution >= 4 is 44.7 Å². The number of rotatable bonds is 6. The number of nitrogens with one attached hydrogen (secondary N) is 2. The molecule has 0 fully saturated rings. The van der Waals surface area contributed by atoms with Crippen LogP contribution >= 0.6 is 11.3 Å². The van der Waals surface area contributed by atoms with E-state index in [1.807, 2.05) is 18.2 Å². The zero-order valence-electron chi connectivity index (χ0n) is 15.5. The quantitative estimate of drug-likeness (QED) is 0.608. The lowest BCUT2D eigenvalue weighted by Gasteiger charge is -2.23. The van der Waals surface area contributed by atoms with Gasteiger partial charge in [0.25, 0.3) is 5.91 Å². The molecule has 1 aliphatic heterocycles. The molecule has 4 rings (SSSR count). The van der Waals surface area contributed by atoms with Gasteiger partial charge in [0.2, 0.25) is 5.91 Å². The number of carbonyl (C=O) groups is 2. The molecule has 6 nitrogen and oxygen atoms in total. The smallest absolute Gasteiger partial charge is 0.265 e. The summed E-state index contributed by atoms with van der Waals surface area (Å²) in [5.41, 5.74) is 2.27. The Balaban J connectivity index is 1.25. The number of anilines is 2. The average Bonchev–Trinajstić information content (AvgIpc) is 3.09. The third-order valence-corrected chi connectivity index (χ3v) is 5.67. The number of carbonyl (C=O) groups excluding carboxylic acids is 2. The van der Waals surface area contributed by atoms with E-state index in [-0.39, 0.29) is 11.8 Å². The first-order valence-corrected chi connectivity index (χ1v) is 10.2. The number of benzene rings is 2. The van der Waals surface area contributed by atoms with Crippen LogP contribution in [0.15, 0.2) is 42.5 Å². The summed E-state index contributed by atoms with van der Waals surface area (Å²) < 4.78 is 6.72. The van der Waals surface area contributed by atoms with Gasteiger partial charge in [0.15, 0.2) is 6.10 Å². The summed E-state index contributed by atoms with van der Waals surface area (Å²) in [6, 6.07) is 13.4. The van der Waals surface area contributed by atoms with E-state index in [0.29, 0.717) is 23.5 Å². The van der Waals surface area contributed by atoms with E-state index < -0.39 is 6.10 Å². The number of nitrogens with zero attached hydrogens (tertiary/aromatic N) is 1. The van der Waals surface area contributed by atoms with Crippen LogP contribution < -0.4 is 15.4 Å². The largest absolute Gasteiger partial charge is 0.479 e. The molecule has 7 heteroatoms. The Bertz CT molecular complexity index is 998. The molecule has 2 heterocycles. The minimum Gasteiger partial charge on any atom is -0.479 e. The van der Waals surface area contributed by atoms with Crippen LogP contribution in [0.3, 0.4) is 0 Å². The third kappa shape index (κ3) is 4.14. The number of unbranched alkanes of at least 4 members (excludes halogenated alkanes) is 1. The topological polar surface area (TPSA) is 80.3 Å². The number of ether oxygens (including phenoxy) is 1. The average molecular weight is 395 g/mol. The van der Waals surface area contributed by atoms with E-state index in [9.17, 15) is 9.59 Å². The van der Waals surface area contributed by atoms with Gasteiger partial charge < -0.3 is 15.4 Å². The van der Waals surface area contributed by atoms with E-state index >= 15 is 0 Å². The molecule has 1 aromatic heterocycles. The van der Waals surface area contributed by atoms with Crippen LogP contribution in [-0.2, 0) is 16.0 Å². The molecule has 28 heavy (non-hydrogen) atoms. The van der Waals surface area contributed by atoms with Crippen LogP contribution in [0.4, 0.5) is 11.4 Å². The summed E-state index contributed by atoms with van der Waals surface area (Å²) in [7, 11) is 0. The summed E-state index contributed by atoms with van der Waals surface area (Å²) in [5.74, 6) is 0.382. The highest BCUT2D eigenvalue weighted by Gasteiger charge is 2.23. The van der Waals surface area contributed by atoms with E-state index in [1.54, 1.807) is 36.5 Å². The first kappa shape index (κ1) is 18.4. The lowest BCUT2D eigenvalue weighted by atomic mass is 10.1. The van der Waals surface area contributed by atoms with Crippen molar-refractivity contribution in [3.8, 4) is 5.75 Å². The highest BCUT2D eigenvalue weighted by Crippen LogP contribution is 2.32. The number of fused-ring (bicyclic) bond motifs is 2. The van der Waals surface area contributed by atoms with E-state index in [1.165, 1.54) is 4.70 Å². The van der Waals surface area contributed by atoms with Gasteiger partial charge in [0.05, 0.1) is 20.9 Å². The number of hydrogen-bond acceptors (Lipinski definition) is 5. The van der Waals surface area contributed by atoms with Crippen LogP contribution in [0.2, 0.25) is 0 Å². The molecule has 0 spiro atoms. The fourth-order valence-corrected chi connectivity index (χ4v) is 4.11. The Morgan fingerprint density at radius 3 is 2.96 bits per heavy atom. The molecule has 144 valence electrons. The molecule has 3 aromatic rings. The van der Waals surface area contributed by atoms with Crippen LogP contribution in [0.5, 0.6) is 5.75 Å². The SMILES string of the molecule is C[C@@H]1Oc2ccc(NC(=O)CCCCc3nc4ccccc4s3)cc2NC1=O. The van der Waals surface area contributed by atoms with Crippen molar-refractivity contribution in [2.45, 2.75) is 38.7 Å². The van der Waals surface area contributed by atoms with Crippen LogP contribution in [-0.4, -0.2) is 22.9 Å². The summed E-state index contributed by atoms with van der Waals surface area (Å²) in [5, 5.41) is 6.78. The molecule has 0 saturated heterocycles. The summed E-state index contributed by atoms with van der Waals surface area (Å²) in [6.45, 7) is 1.70. The second kappa shape index (κ2) is 7.98. The molecule has 0 bridgehead atoms. The number of thiazole rings is 1. The zero-order chi connectivity index (χ0) is 19.5. The van der Waals surface area contributed by atoms with Crippen molar-refractivity contribution in [3.05, 3.63) is 47.5 Å². The second-order valence-electron chi connectivity index (χ2n) is 6.79. The van der Waals surface area contributed by atoms with Crippen molar-refractivity contribution < 1.29 is 14.3 Å². The van der Waals surface area contributed by atoms with Gasteiger partial charge in [-0.05, 0) is 56.5 Å². The van der Waals surface area contributed by atoms with Crippen LogP contribution in [0.1, 0.15) is 31.2 Å². The van der Waals surface area contributed by atoms with Crippen molar-refractivity contribution in [1.29, 1.82) is 0 Å². The molecule has 1 aliphatic rings. The highest BCUT2D eigenvalue weighted by atomic mass is 32.1. The van der Waals surface area contributed by atoms with E-state index in [0.717, 1.165) is 29.8 Å². The maximum Gasteiger partial charge on any atom is 0.265 e. The number of aryl methyl sites for hydroxylation is 1. The van der Waals surface area contributed by atoms with Gasteiger partial charge in [-0.1, -0.05) is 12.1 Å². The van der Waals surface area contributed by atoms with E-state index in [4.69, 9.17) is 4.74 Å². The Hall–Kier alpha value is -2.93. The first-order valence-electron chi connectivity index (χ1n) is 9.34. The third-order valence-electron chi connectivity index (χ3n) is 4.58. The van der Waals surface area contributed by atoms with Crippen molar-refractivity contribution in [1.82, 2.24) is 4.98 Å². The molecule has 0 radical (unpaired) electrons. The number of para-hydroxylation sites is 1. The van der Waals surface area contributed by atoms with Crippen molar-refractivity contribution in [2.75, 3.05) is 10.6 Å². The normalized spacial score (nSPS) is 15.6. The minimum atomic E-state index is -0.511. The van der Waals surface area contributed by atoms with Crippen molar-refractivity contribution in [2.24, 2.45) is 0 Å². The molecule has 0 unspecified atom stereocenters. The fourth-order valence-electron chi connectivity index (χ4n) is 3.10. The lowest BCUT2D eigenvalue weighted by molar-refractivity contribution is -0.122. The Morgan fingerprint density at radius 1 is 1.25 bits per heavy atom.